The van der Waals surface area contributed by atoms with Crippen LogP contribution in [0.2, 0.25) is 0 Å². The van der Waals surface area contributed by atoms with Crippen LogP contribution in [0.25, 0.3) is 11.0 Å². The Morgan fingerprint density at radius 1 is 1.25 bits per heavy atom. The maximum Gasteiger partial charge on any atom is 0.324 e. The van der Waals surface area contributed by atoms with Crippen LogP contribution in [-0.2, 0) is 0 Å². The van der Waals surface area contributed by atoms with Crippen LogP contribution in [-0.4, -0.2) is 26.7 Å². The normalized spacial score (nSPS) is 11.7. The van der Waals surface area contributed by atoms with Gasteiger partial charge in [-0.15, -0.1) is 0 Å². The number of anilines is 1. The molecule has 0 fully saturated rings. The van der Waals surface area contributed by atoms with Crippen molar-refractivity contribution in [2.24, 2.45) is 5.41 Å². The highest BCUT2D eigenvalue weighted by Gasteiger charge is 2.14. The summed E-state index contributed by atoms with van der Waals surface area (Å²) >= 11 is 0. The highest BCUT2D eigenvalue weighted by Crippen LogP contribution is 2.25. The first kappa shape index (κ1) is 16.1. The number of benzene rings is 1. The van der Waals surface area contributed by atoms with Crippen molar-refractivity contribution in [1.29, 1.82) is 0 Å². The summed E-state index contributed by atoms with van der Waals surface area (Å²) in [5.74, 6) is -1.02. The van der Waals surface area contributed by atoms with Crippen molar-refractivity contribution in [2.75, 3.05) is 11.9 Å². The summed E-state index contributed by atoms with van der Waals surface area (Å²) in [6, 6.07) is 2.96. The van der Waals surface area contributed by atoms with Crippen LogP contribution in [0.3, 0.4) is 0 Å². The third-order valence-corrected chi connectivity index (χ3v) is 3.18. The van der Waals surface area contributed by atoms with Crippen LogP contribution < -0.4 is 10.1 Å². The van der Waals surface area contributed by atoms with Gasteiger partial charge in [-0.05, 0) is 17.5 Å². The van der Waals surface area contributed by atoms with Crippen LogP contribution in [0.1, 0.15) is 20.8 Å². The van der Waals surface area contributed by atoms with Gasteiger partial charge in [-0.1, -0.05) is 20.8 Å². The van der Waals surface area contributed by atoms with Crippen LogP contribution in [0, 0.1) is 17.0 Å². The Labute approximate surface area is 137 Å². The third kappa shape index (κ3) is 3.58. The Hall–Kier alpha value is -2.77. The van der Waals surface area contributed by atoms with E-state index < -0.39 is 11.6 Å². The van der Waals surface area contributed by atoms with Crippen molar-refractivity contribution in [1.82, 2.24) is 20.2 Å². The van der Waals surface area contributed by atoms with Gasteiger partial charge in [0.1, 0.15) is 5.82 Å². The van der Waals surface area contributed by atoms with Gasteiger partial charge in [0.2, 0.25) is 0 Å². The van der Waals surface area contributed by atoms with Gasteiger partial charge in [-0.3, -0.25) is 5.10 Å². The quantitative estimate of drug-likeness (QED) is 0.758. The largest absolute Gasteiger partial charge is 0.421 e. The van der Waals surface area contributed by atoms with Gasteiger partial charge in [0, 0.05) is 18.8 Å². The third-order valence-electron chi connectivity index (χ3n) is 3.18. The molecule has 0 saturated carbocycles. The van der Waals surface area contributed by atoms with Gasteiger partial charge in [0.05, 0.1) is 5.39 Å². The maximum absolute atomic E-state index is 13.6. The van der Waals surface area contributed by atoms with Crippen LogP contribution in [0.15, 0.2) is 24.4 Å². The van der Waals surface area contributed by atoms with Gasteiger partial charge in [-0.2, -0.15) is 10.1 Å². The molecule has 3 aromatic rings. The van der Waals surface area contributed by atoms with E-state index in [-0.39, 0.29) is 17.2 Å². The summed E-state index contributed by atoms with van der Waals surface area (Å²) in [7, 11) is 0. The van der Waals surface area contributed by atoms with Crippen LogP contribution in [0.4, 0.5) is 14.6 Å². The molecule has 0 aliphatic heterocycles. The van der Waals surface area contributed by atoms with Crippen LogP contribution in [0.5, 0.6) is 11.8 Å². The van der Waals surface area contributed by atoms with Crippen molar-refractivity contribution in [3.8, 4) is 11.8 Å². The average molecular weight is 333 g/mol. The van der Waals surface area contributed by atoms with E-state index in [0.29, 0.717) is 16.9 Å². The predicted octanol–water partition coefficient (Wildman–Crippen LogP) is 3.88. The Balaban J connectivity index is 1.82. The second-order valence-corrected chi connectivity index (χ2v) is 6.58. The van der Waals surface area contributed by atoms with Crippen LogP contribution >= 0.6 is 0 Å². The minimum absolute atomic E-state index is 0.0565. The zero-order chi connectivity index (χ0) is 17.3. The lowest BCUT2D eigenvalue weighted by atomic mass is 9.97. The van der Waals surface area contributed by atoms with Crippen molar-refractivity contribution < 1.29 is 13.5 Å². The number of aromatic nitrogens is 4. The van der Waals surface area contributed by atoms with Gasteiger partial charge in [0.25, 0.3) is 0 Å². The summed E-state index contributed by atoms with van der Waals surface area (Å²) in [5.41, 5.74) is 0.550. The molecule has 126 valence electrons. The molecule has 1 aromatic carbocycles. The number of nitrogens with one attached hydrogen (secondary N) is 2. The monoisotopic (exact) mass is 333 g/mol. The van der Waals surface area contributed by atoms with E-state index in [0.717, 1.165) is 18.7 Å². The lowest BCUT2D eigenvalue weighted by molar-refractivity contribution is 0.409. The molecule has 3 rings (SSSR count). The first-order valence-corrected chi connectivity index (χ1v) is 7.40. The number of H-pyrrole nitrogens is 1. The van der Waals surface area contributed by atoms with E-state index in [9.17, 15) is 8.78 Å². The Morgan fingerprint density at radius 3 is 2.75 bits per heavy atom. The van der Waals surface area contributed by atoms with Crippen molar-refractivity contribution in [2.45, 2.75) is 20.8 Å². The zero-order valence-corrected chi connectivity index (χ0v) is 13.5. The summed E-state index contributed by atoms with van der Waals surface area (Å²) in [6.07, 6.45) is 1.54. The number of hydrogen-bond acceptors (Lipinski definition) is 5. The fourth-order valence-electron chi connectivity index (χ4n) is 1.98. The number of fused-ring (bicyclic) bond motifs is 1. The molecule has 0 aliphatic rings. The number of aromatic amines is 1. The van der Waals surface area contributed by atoms with E-state index in [1.807, 2.05) is 0 Å². The summed E-state index contributed by atoms with van der Waals surface area (Å²) in [4.78, 5) is 8.20. The Morgan fingerprint density at radius 2 is 2.04 bits per heavy atom. The number of ether oxygens (including phenoxy) is 1. The number of rotatable bonds is 4. The first-order chi connectivity index (χ1) is 11.3. The molecule has 0 spiro atoms. The molecule has 24 heavy (non-hydrogen) atoms. The molecule has 0 saturated heterocycles. The second-order valence-electron chi connectivity index (χ2n) is 6.58. The van der Waals surface area contributed by atoms with Gasteiger partial charge < -0.3 is 10.1 Å². The molecule has 0 radical (unpaired) electrons. The molecule has 0 amide bonds. The number of nitrogens with zero attached hydrogens (tertiary/aromatic N) is 3. The van der Waals surface area contributed by atoms with E-state index in [1.54, 1.807) is 0 Å². The molecular formula is C16H17F2N5O. The molecule has 8 heteroatoms. The van der Waals surface area contributed by atoms with Crippen molar-refractivity contribution in [3.63, 3.8) is 0 Å². The minimum atomic E-state index is -0.823. The van der Waals surface area contributed by atoms with E-state index in [2.05, 4.69) is 46.3 Å². The minimum Gasteiger partial charge on any atom is -0.421 e. The van der Waals surface area contributed by atoms with Gasteiger partial charge in [-0.25, -0.2) is 13.8 Å². The molecule has 0 unspecified atom stereocenters. The first-order valence-electron chi connectivity index (χ1n) is 7.40. The Bertz CT molecular complexity index is 873. The predicted molar refractivity (Wildman–Crippen MR) is 86.1 cm³/mol. The van der Waals surface area contributed by atoms with E-state index >= 15 is 0 Å². The molecule has 0 bridgehead atoms. The lowest BCUT2D eigenvalue weighted by Gasteiger charge is -2.18. The standard InChI is InChI=1S/C16H17F2N5O/c1-16(2,3)8-20-13-10-7-19-15(21-14(10)23-22-13)24-12-5-4-9(17)6-11(12)18/h4-7H,8H2,1-3H3,(H2,19,20,21,22,23). The van der Waals surface area contributed by atoms with Gasteiger partial charge >= 0.3 is 6.01 Å². The topological polar surface area (TPSA) is 75.7 Å². The molecule has 0 aliphatic carbocycles. The van der Waals surface area contributed by atoms with E-state index in [1.165, 1.54) is 12.3 Å². The molecular weight excluding hydrogens is 316 g/mol. The second kappa shape index (κ2) is 6.03. The summed E-state index contributed by atoms with van der Waals surface area (Å²) in [5, 5.41) is 10.9. The average Bonchev–Trinajstić information content (AvgIpc) is 2.90. The van der Waals surface area contributed by atoms with Gasteiger partial charge in [0.15, 0.2) is 23.0 Å². The summed E-state index contributed by atoms with van der Waals surface area (Å²) < 4.78 is 31.8. The maximum atomic E-state index is 13.6. The summed E-state index contributed by atoms with van der Waals surface area (Å²) in [6.45, 7) is 7.05. The fraction of sp³-hybridized carbons (Fsp3) is 0.312. The number of halogens is 2. The molecule has 0 atom stereocenters. The molecule has 6 nitrogen and oxygen atoms in total. The molecule has 2 heterocycles. The van der Waals surface area contributed by atoms with E-state index in [4.69, 9.17) is 4.74 Å². The zero-order valence-electron chi connectivity index (χ0n) is 13.5. The SMILES string of the molecule is CC(C)(C)CNc1n[nH]c2nc(Oc3ccc(F)cc3F)ncc12. The Kier molecular flexibility index (Phi) is 4.04. The number of hydrogen-bond donors (Lipinski definition) is 2. The highest BCUT2D eigenvalue weighted by atomic mass is 19.1. The fourth-order valence-corrected chi connectivity index (χ4v) is 1.98. The molecule has 2 aromatic heterocycles. The smallest absolute Gasteiger partial charge is 0.324 e. The molecule has 2 N–H and O–H groups in total. The highest BCUT2D eigenvalue weighted by molar-refractivity contribution is 5.86. The lowest BCUT2D eigenvalue weighted by Crippen LogP contribution is -2.19. The van der Waals surface area contributed by atoms with Crippen molar-refractivity contribution >= 4 is 16.9 Å². The van der Waals surface area contributed by atoms with Crippen molar-refractivity contribution in [3.05, 3.63) is 36.0 Å².